The molecule has 0 atom stereocenters. The number of hydrogen-bond donors (Lipinski definition) is 2. The van der Waals surface area contributed by atoms with Crippen molar-refractivity contribution in [1.29, 1.82) is 0 Å². The molecule has 86 valence electrons. The van der Waals surface area contributed by atoms with Crippen molar-refractivity contribution in [1.82, 2.24) is 0 Å². The van der Waals surface area contributed by atoms with Crippen LogP contribution in [0.4, 0.5) is 11.4 Å². The number of nitrogens with two attached hydrogens (primary N) is 1. The molecule has 2 aromatic carbocycles. The Morgan fingerprint density at radius 2 is 1.82 bits per heavy atom. The first-order chi connectivity index (χ1) is 8.09. The molecule has 3 heteroatoms. The fourth-order valence-electron chi connectivity index (χ4n) is 1.67. The topological polar surface area (TPSA) is 55.1 Å². The molecule has 3 nitrogen and oxygen atoms in total. The Morgan fingerprint density at radius 1 is 1.18 bits per heavy atom. The Labute approximate surface area is 99.9 Å². The maximum atomic E-state index is 11.6. The number of carbonyl (C=O) groups excluding carboxylic acids is 1. The quantitative estimate of drug-likeness (QED) is 0.611. The summed E-state index contributed by atoms with van der Waals surface area (Å²) in [7, 11) is 0. The van der Waals surface area contributed by atoms with E-state index in [1.165, 1.54) is 0 Å². The Balaban J connectivity index is 2.52. The number of carbonyl (C=O) groups is 1. The van der Waals surface area contributed by atoms with Gasteiger partial charge in [0.15, 0.2) is 0 Å². The van der Waals surface area contributed by atoms with E-state index in [-0.39, 0.29) is 5.91 Å². The predicted molar refractivity (Wildman–Crippen MR) is 71.8 cm³/mol. The van der Waals surface area contributed by atoms with Gasteiger partial charge in [-0.3, -0.25) is 4.79 Å². The van der Waals surface area contributed by atoms with E-state index >= 15 is 0 Å². The van der Waals surface area contributed by atoms with E-state index < -0.39 is 0 Å². The second kappa shape index (κ2) is 4.29. The van der Waals surface area contributed by atoms with Crippen molar-refractivity contribution in [2.24, 2.45) is 0 Å². The van der Waals surface area contributed by atoms with Gasteiger partial charge in [0.05, 0.1) is 0 Å². The fraction of sp³-hybridized carbons (Fsp3) is 0.0714. The second-order valence-electron chi connectivity index (χ2n) is 3.98. The summed E-state index contributed by atoms with van der Waals surface area (Å²) in [6.45, 7) is 5.29. The average molecular weight is 226 g/mol. The van der Waals surface area contributed by atoms with Crippen LogP contribution in [0.1, 0.15) is 6.92 Å². The SMILES string of the molecule is C=C(C)C(=O)Nc1cccc2c(N)cccc12. The number of fused-ring (bicyclic) bond motifs is 1. The molecule has 0 aliphatic heterocycles. The summed E-state index contributed by atoms with van der Waals surface area (Å²) in [5, 5.41) is 4.69. The molecular weight excluding hydrogens is 212 g/mol. The highest BCUT2D eigenvalue weighted by Crippen LogP contribution is 2.27. The highest BCUT2D eigenvalue weighted by atomic mass is 16.1. The number of amides is 1. The molecule has 17 heavy (non-hydrogen) atoms. The maximum Gasteiger partial charge on any atom is 0.250 e. The lowest BCUT2D eigenvalue weighted by atomic mass is 10.1. The smallest absolute Gasteiger partial charge is 0.250 e. The molecule has 0 bridgehead atoms. The number of anilines is 2. The first-order valence-electron chi connectivity index (χ1n) is 5.33. The van der Waals surface area contributed by atoms with Gasteiger partial charge < -0.3 is 11.1 Å². The van der Waals surface area contributed by atoms with Crippen LogP contribution < -0.4 is 11.1 Å². The van der Waals surface area contributed by atoms with Gasteiger partial charge in [0.25, 0.3) is 5.91 Å². The molecule has 1 amide bonds. The lowest BCUT2D eigenvalue weighted by Crippen LogP contribution is -2.12. The summed E-state index contributed by atoms with van der Waals surface area (Å²) in [6, 6.07) is 11.3. The van der Waals surface area contributed by atoms with Crippen LogP contribution in [0.15, 0.2) is 48.6 Å². The van der Waals surface area contributed by atoms with E-state index in [1.54, 1.807) is 6.92 Å². The molecule has 0 saturated carbocycles. The van der Waals surface area contributed by atoms with Gasteiger partial charge in [-0.15, -0.1) is 0 Å². The molecule has 0 heterocycles. The zero-order valence-corrected chi connectivity index (χ0v) is 9.66. The van der Waals surface area contributed by atoms with Crippen LogP contribution in [0.2, 0.25) is 0 Å². The van der Waals surface area contributed by atoms with Gasteiger partial charge in [0, 0.05) is 27.7 Å². The molecule has 0 aliphatic rings. The highest BCUT2D eigenvalue weighted by Gasteiger charge is 2.06. The molecule has 0 saturated heterocycles. The number of nitrogen functional groups attached to an aromatic ring is 1. The van der Waals surface area contributed by atoms with Crippen molar-refractivity contribution in [3.05, 3.63) is 48.6 Å². The van der Waals surface area contributed by atoms with E-state index in [0.717, 1.165) is 16.5 Å². The van der Waals surface area contributed by atoms with Crippen molar-refractivity contribution in [2.75, 3.05) is 11.1 Å². The van der Waals surface area contributed by atoms with Crippen molar-refractivity contribution >= 4 is 28.1 Å². The second-order valence-corrected chi connectivity index (χ2v) is 3.98. The summed E-state index contributed by atoms with van der Waals surface area (Å²) < 4.78 is 0. The zero-order valence-electron chi connectivity index (χ0n) is 9.66. The van der Waals surface area contributed by atoms with Crippen molar-refractivity contribution in [2.45, 2.75) is 6.92 Å². The van der Waals surface area contributed by atoms with Crippen molar-refractivity contribution < 1.29 is 4.79 Å². The lowest BCUT2D eigenvalue weighted by Gasteiger charge is -2.09. The normalized spacial score (nSPS) is 10.2. The number of hydrogen-bond acceptors (Lipinski definition) is 2. The van der Waals surface area contributed by atoms with Gasteiger partial charge in [-0.25, -0.2) is 0 Å². The third-order valence-electron chi connectivity index (χ3n) is 2.59. The Morgan fingerprint density at radius 3 is 2.53 bits per heavy atom. The van der Waals surface area contributed by atoms with Gasteiger partial charge in [-0.2, -0.15) is 0 Å². The van der Waals surface area contributed by atoms with E-state index in [0.29, 0.717) is 11.3 Å². The van der Waals surface area contributed by atoms with Crippen LogP contribution in [-0.4, -0.2) is 5.91 Å². The Kier molecular flexibility index (Phi) is 2.83. The lowest BCUT2D eigenvalue weighted by molar-refractivity contribution is -0.112. The number of rotatable bonds is 2. The average Bonchev–Trinajstić information content (AvgIpc) is 2.30. The molecule has 3 N–H and O–H groups in total. The molecular formula is C14H14N2O. The van der Waals surface area contributed by atoms with E-state index in [1.807, 2.05) is 36.4 Å². The van der Waals surface area contributed by atoms with E-state index in [9.17, 15) is 4.79 Å². The van der Waals surface area contributed by atoms with Crippen LogP contribution >= 0.6 is 0 Å². The summed E-state index contributed by atoms with van der Waals surface area (Å²) in [6.07, 6.45) is 0. The van der Waals surface area contributed by atoms with Crippen LogP contribution in [0.5, 0.6) is 0 Å². The predicted octanol–water partition coefficient (Wildman–Crippen LogP) is 2.94. The summed E-state index contributed by atoms with van der Waals surface area (Å²) in [5.41, 5.74) is 7.82. The molecule has 0 unspecified atom stereocenters. The Hall–Kier alpha value is -2.29. The molecule has 0 aliphatic carbocycles. The van der Waals surface area contributed by atoms with E-state index in [2.05, 4.69) is 11.9 Å². The molecule has 0 fully saturated rings. The molecule has 2 aromatic rings. The van der Waals surface area contributed by atoms with Crippen molar-refractivity contribution in [3.63, 3.8) is 0 Å². The molecule has 0 radical (unpaired) electrons. The van der Waals surface area contributed by atoms with Gasteiger partial charge in [0.2, 0.25) is 0 Å². The van der Waals surface area contributed by atoms with Crippen LogP contribution in [0, 0.1) is 0 Å². The monoisotopic (exact) mass is 226 g/mol. The van der Waals surface area contributed by atoms with Gasteiger partial charge >= 0.3 is 0 Å². The number of nitrogens with one attached hydrogen (secondary N) is 1. The highest BCUT2D eigenvalue weighted by molar-refractivity contribution is 6.09. The van der Waals surface area contributed by atoms with Crippen LogP contribution in [-0.2, 0) is 4.79 Å². The number of benzene rings is 2. The molecule has 0 spiro atoms. The standard InChI is InChI=1S/C14H14N2O/c1-9(2)14(17)16-13-8-4-5-10-11(13)6-3-7-12(10)15/h3-8H,1,15H2,2H3,(H,16,17). The van der Waals surface area contributed by atoms with Crippen molar-refractivity contribution in [3.8, 4) is 0 Å². The minimum atomic E-state index is -0.181. The minimum Gasteiger partial charge on any atom is -0.398 e. The van der Waals surface area contributed by atoms with E-state index in [4.69, 9.17) is 5.73 Å². The summed E-state index contributed by atoms with van der Waals surface area (Å²) in [4.78, 5) is 11.6. The first-order valence-corrected chi connectivity index (χ1v) is 5.33. The Bertz CT molecular complexity index is 602. The fourth-order valence-corrected chi connectivity index (χ4v) is 1.67. The van der Waals surface area contributed by atoms with Gasteiger partial charge in [-0.05, 0) is 19.1 Å². The summed E-state index contributed by atoms with van der Waals surface area (Å²) in [5.74, 6) is -0.181. The summed E-state index contributed by atoms with van der Waals surface area (Å²) >= 11 is 0. The third kappa shape index (κ3) is 2.13. The first kappa shape index (κ1) is 11.2. The van der Waals surface area contributed by atoms with Gasteiger partial charge in [-0.1, -0.05) is 30.8 Å². The van der Waals surface area contributed by atoms with Gasteiger partial charge in [0.1, 0.15) is 0 Å². The maximum absolute atomic E-state index is 11.6. The molecule has 2 rings (SSSR count). The van der Waals surface area contributed by atoms with Crippen LogP contribution in [0.3, 0.4) is 0 Å². The largest absolute Gasteiger partial charge is 0.398 e. The third-order valence-corrected chi connectivity index (χ3v) is 2.59. The molecule has 0 aromatic heterocycles. The minimum absolute atomic E-state index is 0.181. The van der Waals surface area contributed by atoms with Crippen LogP contribution in [0.25, 0.3) is 10.8 Å². The zero-order chi connectivity index (χ0) is 12.4.